The number of amides is 1. The van der Waals surface area contributed by atoms with Crippen LogP contribution in [0.15, 0.2) is 18.3 Å². The van der Waals surface area contributed by atoms with E-state index in [-0.39, 0.29) is 18.3 Å². The minimum Gasteiger partial charge on any atom is -0.354 e. The fraction of sp³-hybridized carbons (Fsp3) is 0.538. The van der Waals surface area contributed by atoms with Crippen LogP contribution in [-0.4, -0.2) is 48.5 Å². The van der Waals surface area contributed by atoms with Gasteiger partial charge in [0.05, 0.1) is 0 Å². The number of nitrogens with one attached hydrogen (secondary N) is 2. The number of pyridine rings is 1. The van der Waals surface area contributed by atoms with E-state index in [1.165, 1.54) is 0 Å². The van der Waals surface area contributed by atoms with Gasteiger partial charge < -0.3 is 10.6 Å². The lowest BCUT2D eigenvalue weighted by atomic mass is 10.2. The first-order valence-corrected chi connectivity index (χ1v) is 6.32. The van der Waals surface area contributed by atoms with E-state index in [4.69, 9.17) is 0 Å². The van der Waals surface area contributed by atoms with Crippen molar-refractivity contribution in [2.24, 2.45) is 0 Å². The third kappa shape index (κ3) is 4.45. The molecule has 6 heteroatoms. The SMILES string of the molecule is CNC(=O)c1ccc(CN2CCN[C@@H](C)C2)cn1.Cl. The number of carbonyl (C=O) groups excluding carboxylic acids is 1. The molecule has 0 unspecified atom stereocenters. The quantitative estimate of drug-likeness (QED) is 0.856. The van der Waals surface area contributed by atoms with Crippen LogP contribution in [0.3, 0.4) is 0 Å². The first kappa shape index (κ1) is 15.9. The summed E-state index contributed by atoms with van der Waals surface area (Å²) in [6, 6.07) is 4.29. The van der Waals surface area contributed by atoms with Gasteiger partial charge in [-0.3, -0.25) is 14.7 Å². The molecule has 1 aromatic heterocycles. The molecule has 19 heavy (non-hydrogen) atoms. The number of halogens is 1. The number of rotatable bonds is 3. The first-order valence-electron chi connectivity index (χ1n) is 6.32. The average molecular weight is 285 g/mol. The monoisotopic (exact) mass is 284 g/mol. The van der Waals surface area contributed by atoms with Crippen molar-refractivity contribution < 1.29 is 4.79 Å². The Morgan fingerprint density at radius 1 is 1.58 bits per heavy atom. The lowest BCUT2D eigenvalue weighted by Gasteiger charge is -2.31. The summed E-state index contributed by atoms with van der Waals surface area (Å²) in [6.07, 6.45) is 1.79. The molecule has 1 saturated heterocycles. The molecule has 1 amide bonds. The van der Waals surface area contributed by atoms with Crippen LogP contribution in [0.2, 0.25) is 0 Å². The van der Waals surface area contributed by atoms with Crippen LogP contribution in [0.1, 0.15) is 23.0 Å². The molecule has 1 fully saturated rings. The number of aromatic nitrogens is 1. The van der Waals surface area contributed by atoms with Crippen molar-refractivity contribution in [1.29, 1.82) is 0 Å². The molecule has 1 aliphatic rings. The van der Waals surface area contributed by atoms with E-state index in [0.717, 1.165) is 31.7 Å². The number of piperazine rings is 1. The van der Waals surface area contributed by atoms with Crippen molar-refractivity contribution in [3.8, 4) is 0 Å². The Morgan fingerprint density at radius 3 is 2.95 bits per heavy atom. The van der Waals surface area contributed by atoms with Gasteiger partial charge in [0.2, 0.25) is 0 Å². The zero-order valence-corrected chi connectivity index (χ0v) is 12.2. The summed E-state index contributed by atoms with van der Waals surface area (Å²) in [5, 5.41) is 5.99. The van der Waals surface area contributed by atoms with Gasteiger partial charge in [-0.2, -0.15) is 0 Å². The molecule has 1 atom stereocenters. The highest BCUT2D eigenvalue weighted by molar-refractivity contribution is 5.91. The van der Waals surface area contributed by atoms with Crippen molar-refractivity contribution >= 4 is 18.3 Å². The molecule has 106 valence electrons. The maximum Gasteiger partial charge on any atom is 0.269 e. The summed E-state index contributed by atoms with van der Waals surface area (Å²) >= 11 is 0. The van der Waals surface area contributed by atoms with E-state index >= 15 is 0 Å². The zero-order valence-electron chi connectivity index (χ0n) is 11.3. The second kappa shape index (κ2) is 7.43. The molecule has 1 aromatic rings. The van der Waals surface area contributed by atoms with Crippen LogP contribution in [-0.2, 0) is 6.54 Å². The maximum atomic E-state index is 11.4. The van der Waals surface area contributed by atoms with Gasteiger partial charge in [-0.25, -0.2) is 0 Å². The number of nitrogens with zero attached hydrogens (tertiary/aromatic N) is 2. The zero-order chi connectivity index (χ0) is 13.0. The third-order valence-electron chi connectivity index (χ3n) is 3.14. The Kier molecular flexibility index (Phi) is 6.21. The van der Waals surface area contributed by atoms with Gasteiger partial charge in [0.15, 0.2) is 0 Å². The smallest absolute Gasteiger partial charge is 0.269 e. The fourth-order valence-electron chi connectivity index (χ4n) is 2.19. The van der Waals surface area contributed by atoms with Gasteiger partial charge in [-0.05, 0) is 18.6 Å². The van der Waals surface area contributed by atoms with Crippen molar-refractivity contribution in [2.45, 2.75) is 19.5 Å². The van der Waals surface area contributed by atoms with Gasteiger partial charge in [-0.15, -0.1) is 12.4 Å². The molecule has 0 radical (unpaired) electrons. The van der Waals surface area contributed by atoms with Gasteiger partial charge in [0.25, 0.3) is 5.91 Å². The predicted octanol–water partition coefficient (Wildman–Crippen LogP) is 0.657. The van der Waals surface area contributed by atoms with Crippen LogP contribution < -0.4 is 10.6 Å². The molecule has 5 nitrogen and oxygen atoms in total. The van der Waals surface area contributed by atoms with E-state index in [2.05, 4.69) is 27.4 Å². The first-order chi connectivity index (χ1) is 8.69. The van der Waals surface area contributed by atoms with Gasteiger partial charge in [-0.1, -0.05) is 6.07 Å². The normalized spacial score (nSPS) is 19.6. The van der Waals surface area contributed by atoms with Gasteiger partial charge >= 0.3 is 0 Å². The van der Waals surface area contributed by atoms with Gasteiger partial charge in [0.1, 0.15) is 5.69 Å². The second-order valence-electron chi connectivity index (χ2n) is 4.72. The highest BCUT2D eigenvalue weighted by Gasteiger charge is 2.15. The van der Waals surface area contributed by atoms with Crippen molar-refractivity contribution in [1.82, 2.24) is 20.5 Å². The highest BCUT2D eigenvalue weighted by Crippen LogP contribution is 2.07. The molecule has 0 bridgehead atoms. The second-order valence-corrected chi connectivity index (χ2v) is 4.72. The van der Waals surface area contributed by atoms with E-state index in [1.807, 2.05) is 6.07 Å². The fourth-order valence-corrected chi connectivity index (χ4v) is 2.19. The summed E-state index contributed by atoms with van der Waals surface area (Å²) in [5.74, 6) is -0.141. The molecule has 0 spiro atoms. The molecule has 0 aliphatic carbocycles. The molecular weight excluding hydrogens is 264 g/mol. The van der Waals surface area contributed by atoms with Crippen LogP contribution in [0, 0.1) is 0 Å². The Balaban J connectivity index is 0.00000180. The molecule has 1 aliphatic heterocycles. The van der Waals surface area contributed by atoms with Crippen LogP contribution in [0.25, 0.3) is 0 Å². The van der Waals surface area contributed by atoms with Crippen LogP contribution >= 0.6 is 12.4 Å². The highest BCUT2D eigenvalue weighted by atomic mass is 35.5. The van der Waals surface area contributed by atoms with E-state index in [9.17, 15) is 4.79 Å². The Bertz CT molecular complexity index is 410. The molecular formula is C13H21ClN4O. The number of hydrogen-bond donors (Lipinski definition) is 2. The van der Waals surface area contributed by atoms with Crippen molar-refractivity contribution in [2.75, 3.05) is 26.7 Å². The third-order valence-corrected chi connectivity index (χ3v) is 3.14. The summed E-state index contributed by atoms with van der Waals surface area (Å²) < 4.78 is 0. The van der Waals surface area contributed by atoms with Crippen molar-refractivity contribution in [3.63, 3.8) is 0 Å². The predicted molar refractivity (Wildman–Crippen MR) is 77.6 cm³/mol. The number of hydrogen-bond acceptors (Lipinski definition) is 4. The summed E-state index contributed by atoms with van der Waals surface area (Å²) in [6.45, 7) is 6.23. The van der Waals surface area contributed by atoms with Gasteiger partial charge in [0, 0.05) is 45.5 Å². The minimum absolute atomic E-state index is 0. The average Bonchev–Trinajstić information content (AvgIpc) is 2.39. The molecule has 2 N–H and O–H groups in total. The topological polar surface area (TPSA) is 57.3 Å². The van der Waals surface area contributed by atoms with Crippen molar-refractivity contribution in [3.05, 3.63) is 29.6 Å². The van der Waals surface area contributed by atoms with Crippen LogP contribution in [0.5, 0.6) is 0 Å². The summed E-state index contributed by atoms with van der Waals surface area (Å²) in [5.41, 5.74) is 1.62. The molecule has 0 saturated carbocycles. The number of carbonyl (C=O) groups is 1. The molecule has 0 aromatic carbocycles. The molecule has 2 heterocycles. The Morgan fingerprint density at radius 2 is 2.37 bits per heavy atom. The Hall–Kier alpha value is -1.17. The van der Waals surface area contributed by atoms with E-state index < -0.39 is 0 Å². The standard InChI is InChI=1S/C13H20N4O.ClH/c1-10-8-17(6-5-15-10)9-11-3-4-12(16-7-11)13(18)14-2;/h3-4,7,10,15H,5-6,8-9H2,1-2H3,(H,14,18);1H/t10-;/m0./s1. The largest absolute Gasteiger partial charge is 0.354 e. The minimum atomic E-state index is -0.141. The summed E-state index contributed by atoms with van der Waals surface area (Å²) in [7, 11) is 1.61. The van der Waals surface area contributed by atoms with E-state index in [1.54, 1.807) is 19.3 Å². The lowest BCUT2D eigenvalue weighted by Crippen LogP contribution is -2.48. The lowest BCUT2D eigenvalue weighted by molar-refractivity contribution is 0.0958. The molecule has 2 rings (SSSR count). The summed E-state index contributed by atoms with van der Waals surface area (Å²) in [4.78, 5) is 17.9. The van der Waals surface area contributed by atoms with Crippen LogP contribution in [0.4, 0.5) is 0 Å². The van der Waals surface area contributed by atoms with E-state index in [0.29, 0.717) is 11.7 Å². The Labute approximate surface area is 120 Å². The maximum absolute atomic E-state index is 11.4.